The highest BCUT2D eigenvalue weighted by atomic mass is 19.1. The molecule has 1 heterocycles. The molecule has 0 atom stereocenters. The SMILES string of the molecule is CN(C)C(=O)NCc1nc(-c2ccc(F)cc2)no1. The maximum Gasteiger partial charge on any atom is 0.317 e. The molecule has 100 valence electrons. The molecule has 6 nitrogen and oxygen atoms in total. The van der Waals surface area contributed by atoms with Gasteiger partial charge in [0.1, 0.15) is 5.82 Å². The summed E-state index contributed by atoms with van der Waals surface area (Å²) in [6.07, 6.45) is 0. The van der Waals surface area contributed by atoms with Gasteiger partial charge in [-0.15, -0.1) is 0 Å². The number of carbonyl (C=O) groups excluding carboxylic acids is 1. The monoisotopic (exact) mass is 264 g/mol. The summed E-state index contributed by atoms with van der Waals surface area (Å²) in [6.45, 7) is 0.144. The highest BCUT2D eigenvalue weighted by molar-refractivity contribution is 5.73. The van der Waals surface area contributed by atoms with E-state index >= 15 is 0 Å². The van der Waals surface area contributed by atoms with Crippen LogP contribution < -0.4 is 5.32 Å². The molecule has 0 aliphatic carbocycles. The normalized spacial score (nSPS) is 10.3. The maximum atomic E-state index is 12.8. The van der Waals surface area contributed by atoms with E-state index in [4.69, 9.17) is 4.52 Å². The molecule has 0 bridgehead atoms. The van der Waals surface area contributed by atoms with Crippen molar-refractivity contribution in [3.05, 3.63) is 36.0 Å². The first kappa shape index (κ1) is 13.0. The van der Waals surface area contributed by atoms with Crippen LogP contribution in [-0.4, -0.2) is 35.2 Å². The van der Waals surface area contributed by atoms with Crippen LogP contribution in [0, 0.1) is 5.82 Å². The Morgan fingerprint density at radius 3 is 2.68 bits per heavy atom. The third kappa shape index (κ3) is 3.27. The van der Waals surface area contributed by atoms with E-state index in [1.807, 2.05) is 0 Å². The fourth-order valence-electron chi connectivity index (χ4n) is 1.35. The Labute approximate surface area is 109 Å². The average molecular weight is 264 g/mol. The minimum atomic E-state index is -0.328. The molecule has 1 aromatic carbocycles. The van der Waals surface area contributed by atoms with E-state index in [0.717, 1.165) is 0 Å². The van der Waals surface area contributed by atoms with Crippen molar-refractivity contribution in [2.24, 2.45) is 0 Å². The van der Waals surface area contributed by atoms with Crippen molar-refractivity contribution in [1.29, 1.82) is 0 Å². The standard InChI is InChI=1S/C12H13FN4O2/c1-17(2)12(18)14-7-10-15-11(16-19-10)8-3-5-9(13)6-4-8/h3-6H,7H2,1-2H3,(H,14,18). The number of hydrogen-bond acceptors (Lipinski definition) is 4. The van der Waals surface area contributed by atoms with Crippen molar-refractivity contribution >= 4 is 6.03 Å². The van der Waals surface area contributed by atoms with Gasteiger partial charge in [-0.05, 0) is 24.3 Å². The fourth-order valence-corrected chi connectivity index (χ4v) is 1.35. The zero-order valence-electron chi connectivity index (χ0n) is 10.6. The molecule has 2 rings (SSSR count). The van der Waals surface area contributed by atoms with Crippen LogP contribution in [0.5, 0.6) is 0 Å². The number of aromatic nitrogens is 2. The summed E-state index contributed by atoms with van der Waals surface area (Å²) in [7, 11) is 3.26. The van der Waals surface area contributed by atoms with Gasteiger partial charge in [-0.25, -0.2) is 9.18 Å². The summed E-state index contributed by atoms with van der Waals surface area (Å²) in [5.74, 6) is 0.314. The number of rotatable bonds is 3. The van der Waals surface area contributed by atoms with E-state index in [9.17, 15) is 9.18 Å². The van der Waals surface area contributed by atoms with E-state index < -0.39 is 0 Å². The largest absolute Gasteiger partial charge is 0.337 e. The van der Waals surface area contributed by atoms with Gasteiger partial charge in [0, 0.05) is 19.7 Å². The molecule has 2 aromatic rings. The Balaban J connectivity index is 2.03. The molecule has 0 aliphatic heterocycles. The molecule has 0 fully saturated rings. The van der Waals surface area contributed by atoms with Crippen molar-refractivity contribution in [3.63, 3.8) is 0 Å². The Hall–Kier alpha value is -2.44. The van der Waals surface area contributed by atoms with Crippen LogP contribution in [0.15, 0.2) is 28.8 Å². The minimum absolute atomic E-state index is 0.144. The van der Waals surface area contributed by atoms with E-state index in [2.05, 4.69) is 15.5 Å². The Morgan fingerprint density at radius 2 is 2.05 bits per heavy atom. The van der Waals surface area contributed by atoms with E-state index in [-0.39, 0.29) is 24.3 Å². The fraction of sp³-hybridized carbons (Fsp3) is 0.250. The van der Waals surface area contributed by atoms with Gasteiger partial charge in [0.2, 0.25) is 11.7 Å². The van der Waals surface area contributed by atoms with Crippen LogP contribution in [0.4, 0.5) is 9.18 Å². The molecular weight excluding hydrogens is 251 g/mol. The van der Waals surface area contributed by atoms with Gasteiger partial charge < -0.3 is 14.7 Å². The van der Waals surface area contributed by atoms with Crippen LogP contribution >= 0.6 is 0 Å². The first-order chi connectivity index (χ1) is 9.06. The molecule has 2 amide bonds. The average Bonchev–Trinajstić information content (AvgIpc) is 2.85. The number of halogens is 1. The molecule has 0 aliphatic rings. The Bertz CT molecular complexity index is 565. The van der Waals surface area contributed by atoms with Gasteiger partial charge in [0.05, 0.1) is 6.54 Å². The maximum absolute atomic E-state index is 12.8. The van der Waals surface area contributed by atoms with Crippen LogP contribution in [0.25, 0.3) is 11.4 Å². The van der Waals surface area contributed by atoms with E-state index in [0.29, 0.717) is 11.4 Å². The van der Waals surface area contributed by atoms with Crippen molar-refractivity contribution in [3.8, 4) is 11.4 Å². The number of carbonyl (C=O) groups is 1. The van der Waals surface area contributed by atoms with E-state index in [1.165, 1.54) is 17.0 Å². The lowest BCUT2D eigenvalue weighted by Crippen LogP contribution is -2.33. The number of hydrogen-bond donors (Lipinski definition) is 1. The predicted octanol–water partition coefficient (Wildman–Crippen LogP) is 1.65. The summed E-state index contributed by atoms with van der Waals surface area (Å²) >= 11 is 0. The lowest BCUT2D eigenvalue weighted by atomic mass is 10.2. The third-order valence-corrected chi connectivity index (χ3v) is 2.37. The quantitative estimate of drug-likeness (QED) is 0.915. The first-order valence-electron chi connectivity index (χ1n) is 5.60. The summed E-state index contributed by atoms with van der Waals surface area (Å²) in [6, 6.07) is 5.50. The Kier molecular flexibility index (Phi) is 3.74. The van der Waals surface area contributed by atoms with Crippen molar-refractivity contribution in [2.75, 3.05) is 14.1 Å². The van der Waals surface area contributed by atoms with Crippen molar-refractivity contribution < 1.29 is 13.7 Å². The highest BCUT2D eigenvalue weighted by Crippen LogP contribution is 2.15. The summed E-state index contributed by atoms with van der Waals surface area (Å²) < 4.78 is 17.8. The summed E-state index contributed by atoms with van der Waals surface area (Å²) in [5.41, 5.74) is 0.648. The van der Waals surface area contributed by atoms with Gasteiger partial charge in [-0.3, -0.25) is 0 Å². The molecule has 1 N–H and O–H groups in total. The number of amides is 2. The number of urea groups is 1. The van der Waals surface area contributed by atoms with Crippen LogP contribution in [0.3, 0.4) is 0 Å². The zero-order valence-corrected chi connectivity index (χ0v) is 10.6. The molecule has 0 radical (unpaired) electrons. The van der Waals surface area contributed by atoms with Crippen LogP contribution in [0.1, 0.15) is 5.89 Å². The highest BCUT2D eigenvalue weighted by Gasteiger charge is 2.10. The van der Waals surface area contributed by atoms with Crippen molar-refractivity contribution in [2.45, 2.75) is 6.54 Å². The summed E-state index contributed by atoms with van der Waals surface area (Å²) in [4.78, 5) is 16.8. The number of nitrogens with zero attached hydrogens (tertiary/aromatic N) is 3. The van der Waals surface area contributed by atoms with Gasteiger partial charge >= 0.3 is 6.03 Å². The number of benzene rings is 1. The minimum Gasteiger partial charge on any atom is -0.337 e. The zero-order chi connectivity index (χ0) is 13.8. The smallest absolute Gasteiger partial charge is 0.317 e. The molecule has 0 saturated carbocycles. The van der Waals surface area contributed by atoms with Gasteiger partial charge in [0.15, 0.2) is 0 Å². The van der Waals surface area contributed by atoms with Crippen LogP contribution in [0.2, 0.25) is 0 Å². The van der Waals surface area contributed by atoms with E-state index in [1.54, 1.807) is 26.2 Å². The molecule has 19 heavy (non-hydrogen) atoms. The summed E-state index contributed by atoms with van der Waals surface area (Å²) in [5, 5.41) is 6.37. The second kappa shape index (κ2) is 5.47. The lowest BCUT2D eigenvalue weighted by Gasteiger charge is -2.09. The van der Waals surface area contributed by atoms with Gasteiger partial charge in [-0.1, -0.05) is 5.16 Å². The second-order valence-electron chi connectivity index (χ2n) is 4.07. The van der Waals surface area contributed by atoms with Gasteiger partial charge in [0.25, 0.3) is 0 Å². The predicted molar refractivity (Wildman–Crippen MR) is 65.6 cm³/mol. The topological polar surface area (TPSA) is 71.3 Å². The molecule has 1 aromatic heterocycles. The van der Waals surface area contributed by atoms with Crippen molar-refractivity contribution in [1.82, 2.24) is 20.4 Å². The third-order valence-electron chi connectivity index (χ3n) is 2.37. The lowest BCUT2D eigenvalue weighted by molar-refractivity contribution is 0.215. The number of nitrogens with one attached hydrogen (secondary N) is 1. The molecule has 0 spiro atoms. The van der Waals surface area contributed by atoms with Gasteiger partial charge in [-0.2, -0.15) is 4.98 Å². The van der Waals surface area contributed by atoms with Crippen LogP contribution in [-0.2, 0) is 6.54 Å². The molecular formula is C12H13FN4O2. The second-order valence-corrected chi connectivity index (χ2v) is 4.07. The Morgan fingerprint density at radius 1 is 1.37 bits per heavy atom. The molecule has 0 unspecified atom stereocenters. The molecule has 0 saturated heterocycles. The first-order valence-corrected chi connectivity index (χ1v) is 5.60. The molecule has 7 heteroatoms.